The summed E-state index contributed by atoms with van der Waals surface area (Å²) in [5.41, 5.74) is 13.2. The molecule has 1 saturated heterocycles. The van der Waals surface area contributed by atoms with E-state index in [0.29, 0.717) is 25.8 Å². The first-order valence-electron chi connectivity index (χ1n) is 13.3. The average Bonchev–Trinajstić information content (AvgIpc) is 3.56. The fraction of sp³-hybridized carbons (Fsp3) is 0.519. The van der Waals surface area contributed by atoms with Crippen molar-refractivity contribution in [2.75, 3.05) is 6.54 Å². The van der Waals surface area contributed by atoms with Gasteiger partial charge in [-0.25, -0.2) is 4.79 Å². The van der Waals surface area contributed by atoms with Gasteiger partial charge in [-0.3, -0.25) is 19.2 Å². The maximum Gasteiger partial charge on any atom is 0.326 e. The van der Waals surface area contributed by atoms with Gasteiger partial charge in [-0.2, -0.15) is 0 Å². The molecule has 2 aromatic rings. The number of nitrogens with one attached hydrogen (secondary N) is 3. The van der Waals surface area contributed by atoms with Crippen molar-refractivity contribution in [3.05, 3.63) is 36.0 Å². The van der Waals surface area contributed by atoms with Crippen LogP contribution < -0.4 is 22.1 Å². The first kappa shape index (κ1) is 29.6. The van der Waals surface area contributed by atoms with E-state index in [1.807, 2.05) is 44.3 Å². The van der Waals surface area contributed by atoms with Crippen LogP contribution in [0.5, 0.6) is 0 Å². The number of nitrogens with zero attached hydrogens (tertiary/aromatic N) is 1. The lowest BCUT2D eigenvalue weighted by Crippen LogP contribution is -2.58. The molecule has 0 radical (unpaired) electrons. The third-order valence-electron chi connectivity index (χ3n) is 7.36. The number of para-hydroxylation sites is 1. The summed E-state index contributed by atoms with van der Waals surface area (Å²) in [4.78, 5) is 67.0. The summed E-state index contributed by atoms with van der Waals surface area (Å²) < 4.78 is 0. The van der Waals surface area contributed by atoms with Crippen LogP contribution in [0.2, 0.25) is 0 Å². The van der Waals surface area contributed by atoms with Gasteiger partial charge in [-0.15, -0.1) is 0 Å². The molecule has 4 amide bonds. The molecule has 12 nitrogen and oxygen atoms in total. The van der Waals surface area contributed by atoms with E-state index in [1.165, 1.54) is 4.90 Å². The van der Waals surface area contributed by atoms with E-state index in [1.54, 1.807) is 0 Å². The van der Waals surface area contributed by atoms with Crippen molar-refractivity contribution in [2.24, 2.45) is 17.4 Å². The van der Waals surface area contributed by atoms with Gasteiger partial charge >= 0.3 is 5.97 Å². The highest BCUT2D eigenvalue weighted by molar-refractivity contribution is 5.95. The predicted octanol–water partition coefficient (Wildman–Crippen LogP) is 0.395. The largest absolute Gasteiger partial charge is 0.480 e. The highest BCUT2D eigenvalue weighted by Gasteiger charge is 2.40. The molecular formula is C27H38N6O6. The zero-order valence-corrected chi connectivity index (χ0v) is 22.3. The highest BCUT2D eigenvalue weighted by atomic mass is 16.4. The number of carbonyl (C=O) groups excluding carboxylic acids is 4. The topological polar surface area (TPSA) is 201 Å². The van der Waals surface area contributed by atoms with Crippen LogP contribution in [0, 0.1) is 5.92 Å². The molecule has 3 rings (SSSR count). The molecule has 5 unspecified atom stereocenters. The Bertz CT molecular complexity index is 1210. The molecule has 0 aliphatic carbocycles. The number of amides is 4. The molecule has 0 spiro atoms. The summed E-state index contributed by atoms with van der Waals surface area (Å²) in [7, 11) is 0. The predicted molar refractivity (Wildman–Crippen MR) is 144 cm³/mol. The summed E-state index contributed by atoms with van der Waals surface area (Å²) in [5.74, 6) is -3.73. The van der Waals surface area contributed by atoms with Gasteiger partial charge < -0.3 is 37.1 Å². The smallest absolute Gasteiger partial charge is 0.326 e. The van der Waals surface area contributed by atoms with E-state index in [-0.39, 0.29) is 25.2 Å². The van der Waals surface area contributed by atoms with Crippen LogP contribution in [0.25, 0.3) is 10.9 Å². The second kappa shape index (κ2) is 13.2. The third kappa shape index (κ3) is 7.34. The summed E-state index contributed by atoms with van der Waals surface area (Å²) in [6.45, 7) is 4.02. The Labute approximate surface area is 226 Å². The summed E-state index contributed by atoms with van der Waals surface area (Å²) in [6.07, 6.45) is 3.21. The van der Waals surface area contributed by atoms with Crippen molar-refractivity contribution >= 4 is 40.5 Å². The number of fused-ring (bicyclic) bond motifs is 1. The van der Waals surface area contributed by atoms with Gasteiger partial charge in [-0.1, -0.05) is 38.5 Å². The molecule has 1 fully saturated rings. The van der Waals surface area contributed by atoms with E-state index in [2.05, 4.69) is 15.6 Å². The van der Waals surface area contributed by atoms with Crippen molar-refractivity contribution in [3.63, 3.8) is 0 Å². The first-order valence-corrected chi connectivity index (χ1v) is 13.3. The fourth-order valence-corrected chi connectivity index (χ4v) is 4.87. The second-order valence-electron chi connectivity index (χ2n) is 10.1. The van der Waals surface area contributed by atoms with Gasteiger partial charge in [0.05, 0.1) is 6.04 Å². The number of likely N-dealkylation sites (tertiary alicyclic amines) is 1. The number of carbonyl (C=O) groups is 5. The maximum absolute atomic E-state index is 13.7. The van der Waals surface area contributed by atoms with Crippen LogP contribution >= 0.6 is 0 Å². The second-order valence-corrected chi connectivity index (χ2v) is 10.1. The standard InChI is InChI=1S/C27H38N6O6/c1-3-15(2)23(32-24(35)18(28)13-16-14-30-19-8-5-4-7-17(16)19)26(37)33-12-6-9-21(33)25(36)31-20(27(38)39)10-11-22(29)34/h4-5,7-8,14-15,18,20-21,23,30H,3,6,9-13,28H2,1-2H3,(H2,29,34)(H,31,36)(H,32,35)(H,38,39). The SMILES string of the molecule is CCC(C)C(NC(=O)C(N)Cc1c[nH]c2ccccc12)C(=O)N1CCCC1C(=O)NC(CCC(N)=O)C(=O)O. The molecule has 1 aromatic heterocycles. The van der Waals surface area contributed by atoms with E-state index >= 15 is 0 Å². The Morgan fingerprint density at radius 2 is 1.90 bits per heavy atom. The van der Waals surface area contributed by atoms with E-state index < -0.39 is 53.8 Å². The normalized spacial score (nSPS) is 18.2. The molecule has 5 atom stereocenters. The maximum atomic E-state index is 13.7. The molecule has 2 heterocycles. The minimum Gasteiger partial charge on any atom is -0.480 e. The van der Waals surface area contributed by atoms with Gasteiger partial charge in [-0.05, 0) is 43.2 Å². The minimum absolute atomic E-state index is 0.156. The fourth-order valence-electron chi connectivity index (χ4n) is 4.87. The lowest BCUT2D eigenvalue weighted by atomic mass is 9.96. The van der Waals surface area contributed by atoms with Crippen LogP contribution in [0.15, 0.2) is 30.5 Å². The minimum atomic E-state index is -1.31. The Balaban J connectivity index is 1.69. The number of H-pyrrole nitrogens is 1. The molecule has 212 valence electrons. The number of carboxylic acids is 1. The number of aromatic amines is 1. The Morgan fingerprint density at radius 3 is 2.56 bits per heavy atom. The quantitative estimate of drug-likeness (QED) is 0.210. The van der Waals surface area contributed by atoms with Crippen LogP contribution in [0.3, 0.4) is 0 Å². The number of hydrogen-bond acceptors (Lipinski definition) is 6. The van der Waals surface area contributed by atoms with Gasteiger partial charge in [0.2, 0.25) is 23.6 Å². The molecular weight excluding hydrogens is 504 g/mol. The Morgan fingerprint density at radius 1 is 1.18 bits per heavy atom. The van der Waals surface area contributed by atoms with Gasteiger partial charge in [0.25, 0.3) is 0 Å². The Hall–Kier alpha value is -3.93. The molecule has 12 heteroatoms. The van der Waals surface area contributed by atoms with Crippen molar-refractivity contribution in [2.45, 2.75) is 76.5 Å². The third-order valence-corrected chi connectivity index (χ3v) is 7.36. The molecule has 1 aromatic carbocycles. The molecule has 1 aliphatic heterocycles. The average molecular weight is 543 g/mol. The van der Waals surface area contributed by atoms with Crippen LogP contribution in [-0.4, -0.2) is 75.3 Å². The number of aromatic nitrogens is 1. The first-order chi connectivity index (χ1) is 18.5. The van der Waals surface area contributed by atoms with E-state index in [0.717, 1.165) is 16.5 Å². The van der Waals surface area contributed by atoms with Gasteiger partial charge in [0.1, 0.15) is 18.1 Å². The highest BCUT2D eigenvalue weighted by Crippen LogP contribution is 2.23. The van der Waals surface area contributed by atoms with Crippen molar-refractivity contribution in [3.8, 4) is 0 Å². The summed E-state index contributed by atoms with van der Waals surface area (Å²) in [5, 5.41) is 15.6. The van der Waals surface area contributed by atoms with Crippen LogP contribution in [0.1, 0.15) is 51.5 Å². The Kier molecular flexibility index (Phi) is 10.0. The molecule has 39 heavy (non-hydrogen) atoms. The van der Waals surface area contributed by atoms with Gasteiger partial charge in [0, 0.05) is 30.1 Å². The van der Waals surface area contributed by atoms with Crippen molar-refractivity contribution in [1.29, 1.82) is 0 Å². The van der Waals surface area contributed by atoms with Crippen molar-refractivity contribution in [1.82, 2.24) is 20.5 Å². The number of aliphatic carboxylic acids is 1. The summed E-state index contributed by atoms with van der Waals surface area (Å²) in [6, 6.07) is 3.68. The van der Waals surface area contributed by atoms with Gasteiger partial charge in [0.15, 0.2) is 0 Å². The number of rotatable bonds is 13. The molecule has 0 saturated carbocycles. The number of carboxylic acid groups (broad SMARTS) is 1. The number of hydrogen-bond donors (Lipinski definition) is 6. The molecule has 0 bridgehead atoms. The lowest BCUT2D eigenvalue weighted by Gasteiger charge is -2.32. The van der Waals surface area contributed by atoms with E-state index in [4.69, 9.17) is 11.5 Å². The number of primary amides is 1. The van der Waals surface area contributed by atoms with Crippen LogP contribution in [0.4, 0.5) is 0 Å². The zero-order chi connectivity index (χ0) is 28.7. The summed E-state index contributed by atoms with van der Waals surface area (Å²) >= 11 is 0. The molecule has 1 aliphatic rings. The van der Waals surface area contributed by atoms with Crippen molar-refractivity contribution < 1.29 is 29.1 Å². The van der Waals surface area contributed by atoms with E-state index in [9.17, 15) is 29.1 Å². The number of benzene rings is 1. The van der Waals surface area contributed by atoms with Crippen LogP contribution in [-0.2, 0) is 30.4 Å². The lowest BCUT2D eigenvalue weighted by molar-refractivity contribution is -0.145. The zero-order valence-electron chi connectivity index (χ0n) is 22.3. The monoisotopic (exact) mass is 542 g/mol. The molecule has 8 N–H and O–H groups in total. The number of nitrogens with two attached hydrogens (primary N) is 2.